The van der Waals surface area contributed by atoms with Crippen molar-refractivity contribution >= 4 is 17.7 Å². The lowest BCUT2D eigenvalue weighted by molar-refractivity contribution is -0.201. The monoisotopic (exact) mass is 546 g/mol. The molecule has 5 aliphatic rings. The van der Waals surface area contributed by atoms with Gasteiger partial charge in [-0.05, 0) is 44.6 Å². The van der Waals surface area contributed by atoms with Crippen LogP contribution in [0.1, 0.15) is 61.8 Å². The number of epoxide rings is 1. The Morgan fingerprint density at radius 3 is 2.46 bits per heavy atom. The van der Waals surface area contributed by atoms with Gasteiger partial charge in [0, 0.05) is 28.7 Å². The molecule has 5 rings (SSSR count). The lowest BCUT2D eigenvalue weighted by atomic mass is 9.61. The summed E-state index contributed by atoms with van der Waals surface area (Å²) in [5.74, 6) is -4.42. The number of esters is 2. The number of ketones is 1. The highest BCUT2D eigenvalue weighted by atomic mass is 16.6. The molecule has 0 aromatic rings. The molecule has 4 aliphatic carbocycles. The average Bonchev–Trinajstić information content (AvgIpc) is 3.74. The van der Waals surface area contributed by atoms with E-state index >= 15 is 0 Å². The van der Waals surface area contributed by atoms with Crippen molar-refractivity contribution < 1.29 is 43.9 Å². The molecule has 3 saturated carbocycles. The second-order valence-electron chi connectivity index (χ2n) is 13.1. The lowest BCUT2D eigenvalue weighted by Crippen LogP contribution is -2.61. The molecule has 9 heteroatoms. The van der Waals surface area contributed by atoms with Crippen LogP contribution in [0.2, 0.25) is 0 Å². The van der Waals surface area contributed by atoms with Gasteiger partial charge in [0.1, 0.15) is 17.8 Å². The van der Waals surface area contributed by atoms with Crippen molar-refractivity contribution in [1.82, 2.24) is 0 Å². The quantitative estimate of drug-likeness (QED) is 0.259. The van der Waals surface area contributed by atoms with Gasteiger partial charge in [-0.15, -0.1) is 0 Å². The van der Waals surface area contributed by atoms with Gasteiger partial charge in [0.15, 0.2) is 17.0 Å². The van der Waals surface area contributed by atoms with Crippen LogP contribution < -0.4 is 0 Å². The van der Waals surface area contributed by atoms with Gasteiger partial charge < -0.3 is 29.5 Å². The summed E-state index contributed by atoms with van der Waals surface area (Å²) in [7, 11) is 0. The van der Waals surface area contributed by atoms with E-state index in [9.17, 15) is 29.7 Å². The number of allylic oxidation sites excluding steroid dienone is 1. The van der Waals surface area contributed by atoms with Crippen molar-refractivity contribution in [3.63, 3.8) is 0 Å². The van der Waals surface area contributed by atoms with E-state index in [4.69, 9.17) is 14.2 Å². The standard InChI is InChI=1S/C30H42O9/c1-9-13(3)24(33)37-22-16(6)18-17-11-15(5)21(32)29(17,36)26(35)28(12-31)23(38-28)19(18)20-27(7,8)30(20,22)39-25(34)14(4)10-2/h9,11,14,16-20,22-23,26,31,35-36H,10,12H2,1-8H3/b13-9+/t14?,16-,17-,18?,19+,20+,22+,23-,26+,28-,29+,30+/m0/s1. The van der Waals surface area contributed by atoms with Crippen LogP contribution >= 0.6 is 0 Å². The van der Waals surface area contributed by atoms with E-state index in [1.807, 2.05) is 27.7 Å². The van der Waals surface area contributed by atoms with Crippen molar-refractivity contribution in [3.05, 3.63) is 23.3 Å². The molecule has 12 atom stereocenters. The first kappa shape index (κ1) is 28.5. The first-order chi connectivity index (χ1) is 18.1. The maximum atomic E-state index is 13.4. The van der Waals surface area contributed by atoms with E-state index in [-0.39, 0.29) is 17.8 Å². The van der Waals surface area contributed by atoms with Gasteiger partial charge in [0.05, 0.1) is 18.6 Å². The summed E-state index contributed by atoms with van der Waals surface area (Å²) in [5, 5.41) is 33.9. The Kier molecular flexibility index (Phi) is 6.36. The Balaban J connectivity index is 1.69. The molecular weight excluding hydrogens is 504 g/mol. The van der Waals surface area contributed by atoms with Crippen LogP contribution in [0, 0.1) is 40.9 Å². The maximum absolute atomic E-state index is 13.4. The number of aliphatic hydroxyl groups is 3. The second-order valence-corrected chi connectivity index (χ2v) is 13.1. The highest BCUT2D eigenvalue weighted by molar-refractivity contribution is 6.05. The molecule has 0 aromatic heterocycles. The SMILES string of the molecule is C/C=C(\C)C(=O)O[C@@H]1[C@@H](C)C2[C@H]([C@@H]3C(C)(C)[C@]13OC(=O)C(C)CC)[C@@H]1O[C@]1(CO)[C@@H](O)[C@]1(O)C(=O)C(C)=C[C@@H]21. The fourth-order valence-electron chi connectivity index (χ4n) is 8.49. The van der Waals surface area contributed by atoms with Crippen LogP contribution in [-0.2, 0) is 28.6 Å². The molecule has 0 bridgehead atoms. The molecule has 4 fully saturated rings. The Morgan fingerprint density at radius 1 is 1.26 bits per heavy atom. The van der Waals surface area contributed by atoms with Crippen molar-refractivity contribution in [3.8, 4) is 0 Å². The Hall–Kier alpha value is -2.07. The summed E-state index contributed by atoms with van der Waals surface area (Å²) in [4.78, 5) is 39.9. The Bertz CT molecular complexity index is 1170. The maximum Gasteiger partial charge on any atom is 0.333 e. The van der Waals surface area contributed by atoms with Crippen molar-refractivity contribution in [2.24, 2.45) is 40.9 Å². The molecule has 0 amide bonds. The van der Waals surface area contributed by atoms with E-state index in [1.54, 1.807) is 39.8 Å². The number of carbonyl (C=O) groups is 3. The molecule has 216 valence electrons. The third-order valence-electron chi connectivity index (χ3n) is 11.1. The number of rotatable bonds is 6. The first-order valence-corrected chi connectivity index (χ1v) is 14.1. The number of fused-ring (bicyclic) bond motifs is 7. The first-order valence-electron chi connectivity index (χ1n) is 14.1. The molecule has 2 unspecified atom stereocenters. The fraction of sp³-hybridized carbons (Fsp3) is 0.767. The van der Waals surface area contributed by atoms with Gasteiger partial charge in [-0.25, -0.2) is 4.79 Å². The molecule has 0 aromatic carbocycles. The van der Waals surface area contributed by atoms with Crippen LogP contribution in [0.4, 0.5) is 0 Å². The Labute approximate surface area is 229 Å². The van der Waals surface area contributed by atoms with Gasteiger partial charge >= 0.3 is 11.9 Å². The Morgan fingerprint density at radius 2 is 1.90 bits per heavy atom. The lowest BCUT2D eigenvalue weighted by Gasteiger charge is -2.48. The smallest absolute Gasteiger partial charge is 0.333 e. The van der Waals surface area contributed by atoms with E-state index in [2.05, 4.69) is 0 Å². The minimum atomic E-state index is -2.20. The number of carbonyl (C=O) groups excluding carboxylic acids is 3. The summed E-state index contributed by atoms with van der Waals surface area (Å²) >= 11 is 0. The van der Waals surface area contributed by atoms with Crippen molar-refractivity contribution in [1.29, 1.82) is 0 Å². The molecule has 9 nitrogen and oxygen atoms in total. The van der Waals surface area contributed by atoms with E-state index in [0.717, 1.165) is 0 Å². The molecule has 1 heterocycles. The number of hydrogen-bond donors (Lipinski definition) is 3. The third kappa shape index (κ3) is 3.30. The third-order valence-corrected chi connectivity index (χ3v) is 11.1. The van der Waals surface area contributed by atoms with Crippen molar-refractivity contribution in [2.45, 2.75) is 96.9 Å². The molecule has 0 spiro atoms. The molecule has 1 saturated heterocycles. The second kappa shape index (κ2) is 8.71. The van der Waals surface area contributed by atoms with Gasteiger partial charge in [-0.3, -0.25) is 9.59 Å². The minimum Gasteiger partial charge on any atom is -0.454 e. The molecule has 0 radical (unpaired) electrons. The average molecular weight is 547 g/mol. The largest absolute Gasteiger partial charge is 0.454 e. The molecule has 3 N–H and O–H groups in total. The van der Waals surface area contributed by atoms with Gasteiger partial charge in [-0.2, -0.15) is 0 Å². The molecule has 1 aliphatic heterocycles. The summed E-state index contributed by atoms with van der Waals surface area (Å²) < 4.78 is 18.6. The summed E-state index contributed by atoms with van der Waals surface area (Å²) in [6.45, 7) is 13.9. The van der Waals surface area contributed by atoms with Crippen LogP contribution in [0.3, 0.4) is 0 Å². The van der Waals surface area contributed by atoms with Crippen LogP contribution in [0.5, 0.6) is 0 Å². The normalized spacial score (nSPS) is 47.9. The van der Waals surface area contributed by atoms with Crippen molar-refractivity contribution in [2.75, 3.05) is 6.61 Å². The zero-order valence-corrected chi connectivity index (χ0v) is 24.1. The predicted molar refractivity (Wildman–Crippen MR) is 139 cm³/mol. The zero-order chi connectivity index (χ0) is 29.0. The van der Waals surface area contributed by atoms with Crippen LogP contribution in [0.25, 0.3) is 0 Å². The summed E-state index contributed by atoms with van der Waals surface area (Å²) in [5.41, 5.74) is -4.83. The number of Topliss-reactive ketones (excluding diaryl/α,β-unsaturated/α-hetero) is 1. The highest BCUT2D eigenvalue weighted by Gasteiger charge is 2.90. The number of hydrogen-bond acceptors (Lipinski definition) is 9. The molecule has 39 heavy (non-hydrogen) atoms. The molecular formula is C30H42O9. The zero-order valence-electron chi connectivity index (χ0n) is 24.1. The van der Waals surface area contributed by atoms with Crippen LogP contribution in [-0.4, -0.2) is 74.8 Å². The van der Waals surface area contributed by atoms with Gasteiger partial charge in [-0.1, -0.05) is 46.8 Å². The van der Waals surface area contributed by atoms with E-state index in [0.29, 0.717) is 17.6 Å². The predicted octanol–water partition coefficient (Wildman–Crippen LogP) is 2.11. The summed E-state index contributed by atoms with van der Waals surface area (Å²) in [6.07, 6.45) is 0.732. The van der Waals surface area contributed by atoms with E-state index in [1.165, 1.54) is 0 Å². The topological polar surface area (TPSA) is 143 Å². The summed E-state index contributed by atoms with van der Waals surface area (Å²) in [6, 6.07) is 0. The highest BCUT2D eigenvalue weighted by Crippen LogP contribution is 2.79. The minimum absolute atomic E-state index is 0.327. The van der Waals surface area contributed by atoms with Crippen LogP contribution in [0.15, 0.2) is 23.3 Å². The number of aliphatic hydroxyl groups excluding tert-OH is 2. The van der Waals surface area contributed by atoms with E-state index < -0.39 is 82.6 Å². The number of ether oxygens (including phenoxy) is 3. The van der Waals surface area contributed by atoms with Gasteiger partial charge in [0.25, 0.3) is 0 Å². The fourth-order valence-corrected chi connectivity index (χ4v) is 8.49. The van der Waals surface area contributed by atoms with Gasteiger partial charge in [0.2, 0.25) is 0 Å².